The summed E-state index contributed by atoms with van der Waals surface area (Å²) in [6.45, 7) is 0. The molecule has 1 nitrogen and oxygen atoms in total. The monoisotopic (exact) mass is 213 g/mol. The van der Waals surface area contributed by atoms with Crippen LogP contribution >= 0.6 is 11.8 Å². The third-order valence-electron chi connectivity index (χ3n) is 4.25. The third kappa shape index (κ3) is 2.27. The Hall–Kier alpha value is 0.310. The van der Waals surface area contributed by atoms with Gasteiger partial charge in [-0.1, -0.05) is 6.42 Å². The Morgan fingerprint density at radius 3 is 2.71 bits per heavy atom. The molecular formula is C12H23NS. The van der Waals surface area contributed by atoms with Crippen molar-refractivity contribution in [2.45, 2.75) is 38.1 Å². The first kappa shape index (κ1) is 10.8. The predicted molar refractivity (Wildman–Crippen MR) is 64.8 cm³/mol. The number of fused-ring (bicyclic) bond motifs is 2. The molecule has 82 valence electrons. The summed E-state index contributed by atoms with van der Waals surface area (Å²) in [6.07, 6.45) is 9.81. The quantitative estimate of drug-likeness (QED) is 0.753. The van der Waals surface area contributed by atoms with Crippen LogP contribution in [0.5, 0.6) is 0 Å². The minimum atomic E-state index is 0.759. The molecule has 2 aliphatic carbocycles. The van der Waals surface area contributed by atoms with Gasteiger partial charge in [0, 0.05) is 11.8 Å². The van der Waals surface area contributed by atoms with E-state index < -0.39 is 0 Å². The van der Waals surface area contributed by atoms with Crippen molar-refractivity contribution in [1.29, 1.82) is 0 Å². The van der Waals surface area contributed by atoms with Crippen LogP contribution in [-0.2, 0) is 0 Å². The molecule has 1 N–H and O–H groups in total. The van der Waals surface area contributed by atoms with Gasteiger partial charge in [0.1, 0.15) is 0 Å². The van der Waals surface area contributed by atoms with E-state index in [4.69, 9.17) is 0 Å². The van der Waals surface area contributed by atoms with Gasteiger partial charge >= 0.3 is 0 Å². The van der Waals surface area contributed by atoms with Gasteiger partial charge in [-0.3, -0.25) is 0 Å². The number of rotatable bonds is 5. The van der Waals surface area contributed by atoms with Crippen molar-refractivity contribution in [3.8, 4) is 0 Å². The first-order valence-corrected chi connectivity index (χ1v) is 7.39. The molecule has 0 spiro atoms. The topological polar surface area (TPSA) is 12.0 Å². The zero-order chi connectivity index (χ0) is 9.97. The molecule has 2 fully saturated rings. The fourth-order valence-electron chi connectivity index (χ4n) is 3.50. The zero-order valence-electron chi connectivity index (χ0n) is 9.46. The highest BCUT2D eigenvalue weighted by Gasteiger charge is 2.39. The second kappa shape index (κ2) is 4.89. The first-order valence-electron chi connectivity index (χ1n) is 5.99. The minimum absolute atomic E-state index is 0.759. The van der Waals surface area contributed by atoms with Crippen molar-refractivity contribution in [3.63, 3.8) is 0 Å². The number of thioether (sulfide) groups is 1. The summed E-state index contributed by atoms with van der Waals surface area (Å²) in [5.74, 6) is 4.54. The van der Waals surface area contributed by atoms with E-state index in [0.29, 0.717) is 0 Å². The molecule has 0 heterocycles. The van der Waals surface area contributed by atoms with E-state index >= 15 is 0 Å². The van der Waals surface area contributed by atoms with Crippen LogP contribution < -0.4 is 5.32 Å². The second-order valence-corrected chi connectivity index (χ2v) is 6.02. The number of hydrogen-bond donors (Lipinski definition) is 1. The maximum Gasteiger partial charge on any atom is 0.0157 e. The van der Waals surface area contributed by atoms with Crippen molar-refractivity contribution in [3.05, 3.63) is 0 Å². The smallest absolute Gasteiger partial charge is 0.0157 e. The largest absolute Gasteiger partial charge is 0.316 e. The van der Waals surface area contributed by atoms with Crippen molar-refractivity contribution in [2.24, 2.45) is 17.8 Å². The molecule has 4 unspecified atom stereocenters. The number of hydrogen-bond acceptors (Lipinski definition) is 2. The van der Waals surface area contributed by atoms with E-state index in [1.165, 1.54) is 31.4 Å². The molecular weight excluding hydrogens is 190 g/mol. The molecule has 2 saturated carbocycles. The highest BCUT2D eigenvalue weighted by atomic mass is 32.2. The maximum atomic E-state index is 3.47. The first-order chi connectivity index (χ1) is 6.83. The lowest BCUT2D eigenvalue weighted by atomic mass is 9.84. The SMILES string of the molecule is CNC(CSC)CC1CC2CCC1C2. The Bertz CT molecular complexity index is 183. The molecule has 2 aliphatic rings. The van der Waals surface area contributed by atoms with E-state index in [1.54, 1.807) is 6.42 Å². The standard InChI is InChI=1S/C12H23NS/c1-13-12(8-14-2)7-11-6-9-3-4-10(11)5-9/h9-13H,3-8H2,1-2H3. The average Bonchev–Trinajstić information content (AvgIpc) is 2.78. The molecule has 0 radical (unpaired) electrons. The molecule has 2 bridgehead atoms. The van der Waals surface area contributed by atoms with Crippen LogP contribution in [0.15, 0.2) is 0 Å². The van der Waals surface area contributed by atoms with Crippen LogP contribution in [0.2, 0.25) is 0 Å². The van der Waals surface area contributed by atoms with E-state index in [9.17, 15) is 0 Å². The van der Waals surface area contributed by atoms with Gasteiger partial charge in [-0.2, -0.15) is 11.8 Å². The molecule has 0 amide bonds. The van der Waals surface area contributed by atoms with E-state index in [2.05, 4.69) is 18.6 Å². The molecule has 2 heteroatoms. The summed E-state index contributed by atoms with van der Waals surface area (Å²) in [4.78, 5) is 0. The summed E-state index contributed by atoms with van der Waals surface area (Å²) in [5, 5.41) is 3.47. The highest BCUT2D eigenvalue weighted by molar-refractivity contribution is 7.98. The van der Waals surface area contributed by atoms with E-state index in [0.717, 1.165) is 23.8 Å². The summed E-state index contributed by atoms with van der Waals surface area (Å²) in [7, 11) is 2.12. The molecule has 0 aromatic rings. The third-order valence-corrected chi connectivity index (χ3v) is 4.98. The summed E-state index contributed by atoms with van der Waals surface area (Å²) < 4.78 is 0. The Balaban J connectivity index is 1.79. The lowest BCUT2D eigenvalue weighted by molar-refractivity contribution is 0.290. The van der Waals surface area contributed by atoms with Gasteiger partial charge in [0.2, 0.25) is 0 Å². The summed E-state index contributed by atoms with van der Waals surface area (Å²) in [6, 6.07) is 0.759. The van der Waals surface area contributed by atoms with Gasteiger partial charge in [-0.05, 0) is 56.7 Å². The minimum Gasteiger partial charge on any atom is -0.316 e. The summed E-state index contributed by atoms with van der Waals surface area (Å²) >= 11 is 1.98. The van der Waals surface area contributed by atoms with Crippen LogP contribution in [0.1, 0.15) is 32.1 Å². The van der Waals surface area contributed by atoms with Crippen LogP contribution in [-0.4, -0.2) is 25.1 Å². The fourth-order valence-corrected chi connectivity index (χ4v) is 4.21. The van der Waals surface area contributed by atoms with Gasteiger partial charge in [0.25, 0.3) is 0 Å². The average molecular weight is 213 g/mol. The van der Waals surface area contributed by atoms with Crippen LogP contribution in [0.4, 0.5) is 0 Å². The van der Waals surface area contributed by atoms with Gasteiger partial charge in [0.05, 0.1) is 0 Å². The van der Waals surface area contributed by atoms with Crippen LogP contribution in [0.25, 0.3) is 0 Å². The van der Waals surface area contributed by atoms with E-state index in [1.807, 2.05) is 11.8 Å². The lowest BCUT2D eigenvalue weighted by Gasteiger charge is -2.26. The van der Waals surface area contributed by atoms with Gasteiger partial charge < -0.3 is 5.32 Å². The predicted octanol–water partition coefficient (Wildman–Crippen LogP) is 2.76. The molecule has 2 rings (SSSR count). The van der Waals surface area contributed by atoms with Crippen molar-refractivity contribution >= 4 is 11.8 Å². The Kier molecular flexibility index (Phi) is 3.78. The lowest BCUT2D eigenvalue weighted by Crippen LogP contribution is -2.31. The molecule has 0 saturated heterocycles. The second-order valence-electron chi connectivity index (χ2n) is 5.11. The van der Waals surface area contributed by atoms with Crippen molar-refractivity contribution in [2.75, 3.05) is 19.1 Å². The normalized spacial score (nSPS) is 37.7. The van der Waals surface area contributed by atoms with Gasteiger partial charge in [-0.25, -0.2) is 0 Å². The van der Waals surface area contributed by atoms with Gasteiger partial charge in [-0.15, -0.1) is 0 Å². The summed E-state index contributed by atoms with van der Waals surface area (Å²) in [5.41, 5.74) is 0. The van der Waals surface area contributed by atoms with Crippen LogP contribution in [0, 0.1) is 17.8 Å². The molecule has 4 atom stereocenters. The molecule has 0 aromatic heterocycles. The van der Waals surface area contributed by atoms with Crippen molar-refractivity contribution in [1.82, 2.24) is 5.32 Å². The van der Waals surface area contributed by atoms with Crippen LogP contribution in [0.3, 0.4) is 0 Å². The fraction of sp³-hybridized carbons (Fsp3) is 1.00. The zero-order valence-corrected chi connectivity index (χ0v) is 10.3. The number of nitrogens with one attached hydrogen (secondary N) is 1. The Morgan fingerprint density at radius 2 is 2.21 bits per heavy atom. The molecule has 14 heavy (non-hydrogen) atoms. The maximum absolute atomic E-state index is 3.47. The molecule has 0 aliphatic heterocycles. The Morgan fingerprint density at radius 1 is 1.36 bits per heavy atom. The molecule has 0 aromatic carbocycles. The van der Waals surface area contributed by atoms with Crippen molar-refractivity contribution < 1.29 is 0 Å². The van der Waals surface area contributed by atoms with E-state index in [-0.39, 0.29) is 0 Å². The van der Waals surface area contributed by atoms with Gasteiger partial charge in [0.15, 0.2) is 0 Å². The Labute approximate surface area is 92.4 Å². The highest BCUT2D eigenvalue weighted by Crippen LogP contribution is 2.49.